The average molecular weight is 360 g/mol. The molecule has 7 nitrogen and oxygen atoms in total. The number of thiazole rings is 1. The van der Waals surface area contributed by atoms with Gasteiger partial charge in [0.15, 0.2) is 22.7 Å². The Hall–Kier alpha value is -2.48. The Morgan fingerprint density at radius 1 is 1.24 bits per heavy atom. The van der Waals surface area contributed by atoms with Gasteiger partial charge >= 0.3 is 6.03 Å². The van der Waals surface area contributed by atoms with Gasteiger partial charge in [0, 0.05) is 37.8 Å². The number of hydrogen-bond donors (Lipinski definition) is 1. The van der Waals surface area contributed by atoms with Crippen molar-refractivity contribution in [2.24, 2.45) is 0 Å². The van der Waals surface area contributed by atoms with Crippen molar-refractivity contribution in [2.75, 3.05) is 44.2 Å². The highest BCUT2D eigenvalue weighted by molar-refractivity contribution is 7.13. The SMILES string of the molecule is O=C(NC[C@@H]1COc2ccccc2O1)N1CCN(c2nccs2)CC1. The van der Waals surface area contributed by atoms with Crippen molar-refractivity contribution in [1.82, 2.24) is 15.2 Å². The Bertz CT molecular complexity index is 716. The van der Waals surface area contributed by atoms with E-state index in [0.717, 1.165) is 29.7 Å². The number of carbonyl (C=O) groups excluding carboxylic acids is 1. The van der Waals surface area contributed by atoms with Crippen LogP contribution in [0.2, 0.25) is 0 Å². The molecule has 0 radical (unpaired) electrons. The third kappa shape index (κ3) is 3.63. The fourth-order valence-corrected chi connectivity index (χ4v) is 3.65. The van der Waals surface area contributed by atoms with Gasteiger partial charge in [-0.1, -0.05) is 12.1 Å². The monoisotopic (exact) mass is 360 g/mol. The summed E-state index contributed by atoms with van der Waals surface area (Å²) in [5.74, 6) is 1.48. The molecule has 1 aromatic heterocycles. The van der Waals surface area contributed by atoms with Crippen LogP contribution in [0.15, 0.2) is 35.8 Å². The second-order valence-electron chi connectivity index (χ2n) is 5.97. The molecule has 1 saturated heterocycles. The van der Waals surface area contributed by atoms with Gasteiger partial charge in [-0.15, -0.1) is 11.3 Å². The van der Waals surface area contributed by atoms with Crippen LogP contribution in [0.1, 0.15) is 0 Å². The first-order valence-corrected chi connectivity index (χ1v) is 9.23. The summed E-state index contributed by atoms with van der Waals surface area (Å²) in [6.45, 7) is 3.86. The average Bonchev–Trinajstić information content (AvgIpc) is 3.21. The number of amides is 2. The summed E-state index contributed by atoms with van der Waals surface area (Å²) in [5, 5.41) is 5.94. The molecule has 0 spiro atoms. The van der Waals surface area contributed by atoms with Crippen LogP contribution in [-0.4, -0.2) is 61.3 Å². The highest BCUT2D eigenvalue weighted by atomic mass is 32.1. The minimum atomic E-state index is -0.171. The molecule has 0 bridgehead atoms. The second-order valence-corrected chi connectivity index (χ2v) is 6.85. The minimum Gasteiger partial charge on any atom is -0.486 e. The van der Waals surface area contributed by atoms with Crippen molar-refractivity contribution in [3.8, 4) is 11.5 Å². The van der Waals surface area contributed by atoms with E-state index in [0.29, 0.717) is 26.2 Å². The molecule has 3 heterocycles. The van der Waals surface area contributed by atoms with E-state index in [2.05, 4.69) is 15.2 Å². The predicted molar refractivity (Wildman–Crippen MR) is 95.7 cm³/mol. The topological polar surface area (TPSA) is 66.9 Å². The number of rotatable bonds is 3. The molecule has 1 aromatic carbocycles. The lowest BCUT2D eigenvalue weighted by Gasteiger charge is -2.35. The Kier molecular flexibility index (Phi) is 4.60. The molecule has 2 aliphatic heterocycles. The van der Waals surface area contributed by atoms with E-state index in [9.17, 15) is 4.79 Å². The van der Waals surface area contributed by atoms with Crippen molar-refractivity contribution in [3.05, 3.63) is 35.8 Å². The van der Waals surface area contributed by atoms with E-state index in [4.69, 9.17) is 9.47 Å². The first-order chi connectivity index (χ1) is 12.3. The molecule has 132 valence electrons. The van der Waals surface area contributed by atoms with Crippen molar-refractivity contribution in [1.29, 1.82) is 0 Å². The maximum Gasteiger partial charge on any atom is 0.317 e. The van der Waals surface area contributed by atoms with Crippen molar-refractivity contribution in [3.63, 3.8) is 0 Å². The molecule has 1 fully saturated rings. The molecule has 0 unspecified atom stereocenters. The summed E-state index contributed by atoms with van der Waals surface area (Å²) in [7, 11) is 0. The first kappa shape index (κ1) is 16.0. The molecule has 25 heavy (non-hydrogen) atoms. The Morgan fingerprint density at radius 3 is 2.80 bits per heavy atom. The first-order valence-electron chi connectivity index (χ1n) is 8.35. The van der Waals surface area contributed by atoms with Crippen LogP contribution in [0.25, 0.3) is 0 Å². The molecule has 0 saturated carbocycles. The zero-order valence-electron chi connectivity index (χ0n) is 13.8. The lowest BCUT2D eigenvalue weighted by molar-refractivity contribution is 0.0900. The molecule has 2 amide bonds. The number of benzene rings is 1. The number of fused-ring (bicyclic) bond motifs is 1. The number of aromatic nitrogens is 1. The van der Waals surface area contributed by atoms with E-state index in [1.54, 1.807) is 11.3 Å². The highest BCUT2D eigenvalue weighted by Gasteiger charge is 2.25. The lowest BCUT2D eigenvalue weighted by Crippen LogP contribution is -2.53. The van der Waals surface area contributed by atoms with Gasteiger partial charge in [-0.05, 0) is 12.1 Å². The van der Waals surface area contributed by atoms with Crippen LogP contribution < -0.4 is 19.7 Å². The van der Waals surface area contributed by atoms with Gasteiger partial charge < -0.3 is 24.6 Å². The molecule has 4 rings (SSSR count). The Balaban J connectivity index is 1.24. The zero-order chi connectivity index (χ0) is 17.1. The largest absolute Gasteiger partial charge is 0.486 e. The van der Waals surface area contributed by atoms with Gasteiger partial charge in [-0.2, -0.15) is 0 Å². The van der Waals surface area contributed by atoms with Crippen molar-refractivity contribution < 1.29 is 14.3 Å². The third-order valence-corrected chi connectivity index (χ3v) is 5.14. The van der Waals surface area contributed by atoms with Crippen LogP contribution in [0.4, 0.5) is 9.93 Å². The molecule has 1 N–H and O–H groups in total. The molecule has 2 aliphatic rings. The number of ether oxygens (including phenoxy) is 2. The van der Waals surface area contributed by atoms with Gasteiger partial charge in [-0.3, -0.25) is 0 Å². The predicted octanol–water partition coefficient (Wildman–Crippen LogP) is 1.81. The van der Waals surface area contributed by atoms with E-state index in [-0.39, 0.29) is 12.1 Å². The molecule has 8 heteroatoms. The molecule has 1 atom stereocenters. The van der Waals surface area contributed by atoms with Gasteiger partial charge in [0.1, 0.15) is 6.61 Å². The number of nitrogens with zero attached hydrogens (tertiary/aromatic N) is 3. The fourth-order valence-electron chi connectivity index (χ4n) is 2.95. The van der Waals surface area contributed by atoms with E-state index in [1.165, 1.54) is 0 Å². The molecular formula is C17H20N4O3S. The minimum absolute atomic E-state index is 0.0544. The summed E-state index contributed by atoms with van der Waals surface area (Å²) in [5.41, 5.74) is 0. The van der Waals surface area contributed by atoms with Crippen LogP contribution in [-0.2, 0) is 0 Å². The number of nitrogens with one attached hydrogen (secondary N) is 1. The maximum absolute atomic E-state index is 12.4. The van der Waals surface area contributed by atoms with Gasteiger partial charge in [0.2, 0.25) is 0 Å². The van der Waals surface area contributed by atoms with E-state index in [1.807, 2.05) is 40.7 Å². The third-order valence-electron chi connectivity index (χ3n) is 4.31. The van der Waals surface area contributed by atoms with Gasteiger partial charge in [0.05, 0.1) is 6.54 Å². The van der Waals surface area contributed by atoms with Crippen LogP contribution in [0.5, 0.6) is 11.5 Å². The number of anilines is 1. The second kappa shape index (κ2) is 7.18. The van der Waals surface area contributed by atoms with Crippen LogP contribution >= 0.6 is 11.3 Å². The van der Waals surface area contributed by atoms with E-state index < -0.39 is 0 Å². The summed E-state index contributed by atoms with van der Waals surface area (Å²) >= 11 is 1.63. The van der Waals surface area contributed by atoms with Gasteiger partial charge in [-0.25, -0.2) is 9.78 Å². The normalized spacial score (nSPS) is 19.6. The zero-order valence-corrected chi connectivity index (χ0v) is 14.6. The quantitative estimate of drug-likeness (QED) is 0.904. The summed E-state index contributed by atoms with van der Waals surface area (Å²) < 4.78 is 11.5. The van der Waals surface area contributed by atoms with Gasteiger partial charge in [0.25, 0.3) is 0 Å². The Labute approximate surface area is 150 Å². The number of carbonyl (C=O) groups is 1. The number of hydrogen-bond acceptors (Lipinski definition) is 6. The highest BCUT2D eigenvalue weighted by Crippen LogP contribution is 2.30. The maximum atomic E-state index is 12.4. The van der Waals surface area contributed by atoms with Crippen LogP contribution in [0.3, 0.4) is 0 Å². The number of urea groups is 1. The molecular weight excluding hydrogens is 340 g/mol. The number of piperazine rings is 1. The van der Waals surface area contributed by atoms with Crippen molar-refractivity contribution >= 4 is 22.5 Å². The fraction of sp³-hybridized carbons (Fsp3) is 0.412. The lowest BCUT2D eigenvalue weighted by atomic mass is 10.2. The number of para-hydroxylation sites is 2. The molecule has 0 aliphatic carbocycles. The summed E-state index contributed by atoms with van der Waals surface area (Å²) in [4.78, 5) is 20.7. The van der Waals surface area contributed by atoms with Crippen molar-refractivity contribution in [2.45, 2.75) is 6.10 Å². The molecule has 2 aromatic rings. The standard InChI is InChI=1S/C17H20N4O3S/c22-16(20-6-8-21(9-7-20)17-18-5-10-25-17)19-11-13-12-23-14-3-1-2-4-15(14)24-13/h1-5,10,13H,6-9,11-12H2,(H,19,22)/t13-/m1/s1. The van der Waals surface area contributed by atoms with E-state index >= 15 is 0 Å². The summed E-state index contributed by atoms with van der Waals surface area (Å²) in [6, 6.07) is 7.52. The van der Waals surface area contributed by atoms with Crippen LogP contribution in [0, 0.1) is 0 Å². The smallest absolute Gasteiger partial charge is 0.317 e. The summed E-state index contributed by atoms with van der Waals surface area (Å²) in [6.07, 6.45) is 1.64. The Morgan fingerprint density at radius 2 is 2.04 bits per heavy atom.